The Labute approximate surface area is 132 Å². The molecule has 22 heavy (non-hydrogen) atoms. The van der Waals surface area contributed by atoms with Crippen LogP contribution in [0.15, 0.2) is 24.3 Å². The summed E-state index contributed by atoms with van der Waals surface area (Å²) in [5.41, 5.74) is 0.952. The number of carbonyl (C=O) groups is 1. The molecular weight excluding hydrogens is 280 g/mol. The number of benzene rings is 1. The summed E-state index contributed by atoms with van der Waals surface area (Å²) in [6.07, 6.45) is 2.60. The monoisotopic (exact) mass is 306 g/mol. The van der Waals surface area contributed by atoms with Gasteiger partial charge in [0, 0.05) is 25.1 Å². The summed E-state index contributed by atoms with van der Waals surface area (Å²) in [6, 6.07) is 7.40. The molecule has 0 radical (unpaired) electrons. The van der Waals surface area contributed by atoms with Gasteiger partial charge in [0.25, 0.3) is 0 Å². The molecule has 0 spiro atoms. The lowest BCUT2D eigenvalue weighted by Crippen LogP contribution is -2.42. The average molecular weight is 306 g/mol. The highest BCUT2D eigenvalue weighted by Gasteiger charge is 2.27. The Hall–Kier alpha value is -1.75. The molecule has 5 nitrogen and oxygen atoms in total. The van der Waals surface area contributed by atoms with Crippen molar-refractivity contribution in [3.05, 3.63) is 29.8 Å². The minimum absolute atomic E-state index is 0.127. The van der Waals surface area contributed by atoms with Crippen LogP contribution >= 0.6 is 0 Å². The molecule has 1 aliphatic rings. The Balaban J connectivity index is 1.92. The van der Waals surface area contributed by atoms with Crippen LogP contribution in [0.25, 0.3) is 0 Å². The van der Waals surface area contributed by atoms with Crippen LogP contribution in [-0.4, -0.2) is 42.8 Å². The van der Waals surface area contributed by atoms with Crippen LogP contribution in [0.4, 0.5) is 4.79 Å². The maximum Gasteiger partial charge on any atom is 0.317 e. The maximum absolute atomic E-state index is 12.3. The normalized spacial score (nSPS) is 22.2. The number of aliphatic hydroxyl groups is 1. The van der Waals surface area contributed by atoms with Gasteiger partial charge in [0.05, 0.1) is 19.3 Å². The van der Waals surface area contributed by atoms with Crippen molar-refractivity contribution in [1.29, 1.82) is 0 Å². The van der Waals surface area contributed by atoms with E-state index >= 15 is 0 Å². The molecule has 2 rings (SSSR count). The van der Waals surface area contributed by atoms with E-state index in [9.17, 15) is 9.90 Å². The van der Waals surface area contributed by atoms with Crippen molar-refractivity contribution in [3.63, 3.8) is 0 Å². The number of rotatable bonds is 5. The van der Waals surface area contributed by atoms with Crippen molar-refractivity contribution in [2.75, 3.05) is 20.7 Å². The standard InChI is InChI=1S/C17H26N2O3/c1-12(14-8-4-5-10-16(14)22-3)18-17(21)19(2)11-13-7-6-9-15(13)20/h4-5,8,10,12-13,15,20H,6-7,9,11H2,1-3H3,(H,18,21)/t12-,13-,15-/m0/s1. The topological polar surface area (TPSA) is 61.8 Å². The molecule has 3 atom stereocenters. The van der Waals surface area contributed by atoms with Crippen molar-refractivity contribution in [2.45, 2.75) is 38.3 Å². The molecule has 1 aliphatic carbocycles. The fourth-order valence-electron chi connectivity index (χ4n) is 3.06. The zero-order valence-electron chi connectivity index (χ0n) is 13.6. The second kappa shape index (κ2) is 7.49. The molecule has 5 heteroatoms. The van der Waals surface area contributed by atoms with Crippen LogP contribution < -0.4 is 10.1 Å². The number of hydrogen-bond acceptors (Lipinski definition) is 3. The maximum atomic E-state index is 12.3. The molecule has 0 unspecified atom stereocenters. The SMILES string of the molecule is COc1ccccc1[C@H](C)NC(=O)N(C)C[C@@H]1CCC[C@@H]1O. The Morgan fingerprint density at radius 3 is 2.82 bits per heavy atom. The molecule has 1 aromatic rings. The highest BCUT2D eigenvalue weighted by atomic mass is 16.5. The van der Waals surface area contributed by atoms with Gasteiger partial charge in [-0.05, 0) is 25.8 Å². The fourth-order valence-corrected chi connectivity index (χ4v) is 3.06. The molecule has 0 heterocycles. The van der Waals surface area contributed by atoms with Gasteiger partial charge in [-0.1, -0.05) is 24.6 Å². The third kappa shape index (κ3) is 3.91. The van der Waals surface area contributed by atoms with Gasteiger partial charge in [-0.25, -0.2) is 4.79 Å². The molecule has 1 saturated carbocycles. The van der Waals surface area contributed by atoms with E-state index in [-0.39, 0.29) is 24.1 Å². The molecule has 1 aromatic carbocycles. The molecule has 0 saturated heterocycles. The molecule has 2 amide bonds. The van der Waals surface area contributed by atoms with Gasteiger partial charge in [-0.3, -0.25) is 0 Å². The van der Waals surface area contributed by atoms with Gasteiger partial charge in [-0.15, -0.1) is 0 Å². The molecule has 0 aliphatic heterocycles. The molecule has 0 bridgehead atoms. The summed E-state index contributed by atoms with van der Waals surface area (Å²) >= 11 is 0. The molecule has 122 valence electrons. The lowest BCUT2D eigenvalue weighted by atomic mass is 10.1. The van der Waals surface area contributed by atoms with Crippen molar-refractivity contribution >= 4 is 6.03 Å². The van der Waals surface area contributed by atoms with Gasteiger partial charge < -0.3 is 20.1 Å². The molecule has 2 N–H and O–H groups in total. The first-order valence-electron chi connectivity index (χ1n) is 7.85. The minimum atomic E-state index is -0.276. The summed E-state index contributed by atoms with van der Waals surface area (Å²) in [5.74, 6) is 0.960. The van der Waals surface area contributed by atoms with E-state index < -0.39 is 0 Å². The van der Waals surface area contributed by atoms with E-state index in [1.54, 1.807) is 19.1 Å². The Morgan fingerprint density at radius 1 is 1.45 bits per heavy atom. The number of ether oxygens (including phenoxy) is 1. The van der Waals surface area contributed by atoms with Crippen molar-refractivity contribution < 1.29 is 14.6 Å². The van der Waals surface area contributed by atoms with Crippen molar-refractivity contribution in [3.8, 4) is 5.75 Å². The number of hydrogen-bond donors (Lipinski definition) is 2. The fraction of sp³-hybridized carbons (Fsp3) is 0.588. The second-order valence-electron chi connectivity index (χ2n) is 6.05. The van der Waals surface area contributed by atoms with Gasteiger partial charge >= 0.3 is 6.03 Å². The number of nitrogens with zero attached hydrogens (tertiary/aromatic N) is 1. The van der Waals surface area contributed by atoms with Crippen LogP contribution in [0.3, 0.4) is 0 Å². The predicted molar refractivity (Wildman–Crippen MR) is 85.9 cm³/mol. The summed E-state index contributed by atoms with van der Waals surface area (Å²) in [6.45, 7) is 2.53. The Bertz CT molecular complexity index is 506. The smallest absolute Gasteiger partial charge is 0.317 e. The first kappa shape index (κ1) is 16.6. The van der Waals surface area contributed by atoms with E-state index in [1.165, 1.54) is 0 Å². The summed E-state index contributed by atoms with van der Waals surface area (Å²) in [4.78, 5) is 14.0. The third-order valence-corrected chi connectivity index (χ3v) is 4.42. The number of methoxy groups -OCH3 is 1. The van der Waals surface area contributed by atoms with E-state index in [2.05, 4.69) is 5.32 Å². The Kier molecular flexibility index (Phi) is 5.66. The number of amides is 2. The Morgan fingerprint density at radius 2 is 2.18 bits per heavy atom. The first-order valence-corrected chi connectivity index (χ1v) is 7.85. The van der Waals surface area contributed by atoms with Gasteiger partial charge in [0.2, 0.25) is 0 Å². The minimum Gasteiger partial charge on any atom is -0.496 e. The van der Waals surface area contributed by atoms with Crippen LogP contribution in [0.1, 0.15) is 37.8 Å². The summed E-state index contributed by atoms with van der Waals surface area (Å²) < 4.78 is 5.33. The van der Waals surface area contributed by atoms with Crippen LogP contribution in [0.2, 0.25) is 0 Å². The zero-order chi connectivity index (χ0) is 16.1. The number of aliphatic hydroxyl groups excluding tert-OH is 1. The highest BCUT2D eigenvalue weighted by molar-refractivity contribution is 5.74. The van der Waals surface area contributed by atoms with Crippen molar-refractivity contribution in [2.24, 2.45) is 5.92 Å². The second-order valence-corrected chi connectivity index (χ2v) is 6.05. The van der Waals surface area contributed by atoms with Crippen LogP contribution in [-0.2, 0) is 0 Å². The lowest BCUT2D eigenvalue weighted by Gasteiger charge is -2.26. The van der Waals surface area contributed by atoms with Crippen LogP contribution in [0.5, 0.6) is 5.75 Å². The van der Waals surface area contributed by atoms with Gasteiger partial charge in [0.15, 0.2) is 0 Å². The summed E-state index contributed by atoms with van der Waals surface area (Å²) in [7, 11) is 3.40. The molecule has 1 fully saturated rings. The van der Waals surface area contributed by atoms with E-state index in [1.807, 2.05) is 31.2 Å². The predicted octanol–water partition coefficient (Wildman–Crippen LogP) is 2.56. The quantitative estimate of drug-likeness (QED) is 0.879. The molecular formula is C17H26N2O3. The van der Waals surface area contributed by atoms with E-state index in [0.29, 0.717) is 6.54 Å². The number of carbonyl (C=O) groups excluding carboxylic acids is 1. The third-order valence-electron chi connectivity index (χ3n) is 4.42. The molecule has 0 aromatic heterocycles. The van der Waals surface area contributed by atoms with E-state index in [4.69, 9.17) is 4.74 Å². The number of urea groups is 1. The zero-order valence-corrected chi connectivity index (χ0v) is 13.6. The van der Waals surface area contributed by atoms with Gasteiger partial charge in [-0.2, -0.15) is 0 Å². The lowest BCUT2D eigenvalue weighted by molar-refractivity contribution is 0.113. The van der Waals surface area contributed by atoms with Crippen molar-refractivity contribution in [1.82, 2.24) is 10.2 Å². The first-order chi connectivity index (χ1) is 10.5. The summed E-state index contributed by atoms with van der Waals surface area (Å²) in [5, 5.41) is 12.9. The number of nitrogens with one attached hydrogen (secondary N) is 1. The number of para-hydroxylation sites is 1. The van der Waals surface area contributed by atoms with E-state index in [0.717, 1.165) is 30.6 Å². The largest absolute Gasteiger partial charge is 0.496 e. The van der Waals surface area contributed by atoms with Crippen LogP contribution in [0, 0.1) is 5.92 Å². The average Bonchev–Trinajstić information content (AvgIpc) is 2.92. The highest BCUT2D eigenvalue weighted by Crippen LogP contribution is 2.27. The van der Waals surface area contributed by atoms with Gasteiger partial charge in [0.1, 0.15) is 5.75 Å².